The quantitative estimate of drug-likeness (QED) is 0.753. The lowest BCUT2D eigenvalue weighted by Crippen LogP contribution is -2.39. The van der Waals surface area contributed by atoms with Crippen molar-refractivity contribution < 1.29 is 0 Å². The average Bonchev–Trinajstić information content (AvgIpc) is 3.28. The van der Waals surface area contributed by atoms with Crippen molar-refractivity contribution >= 4 is 0 Å². The van der Waals surface area contributed by atoms with Crippen LogP contribution in [0.1, 0.15) is 44.6 Å². The normalized spacial score (nSPS) is 19.9. The maximum Gasteiger partial charge on any atom is 0.0196 e. The SMILES string of the molecule is CC(CC(CN)NCC(C)C1CC1)c1ccccc1. The molecule has 0 aliphatic heterocycles. The maximum atomic E-state index is 5.91. The zero-order valence-electron chi connectivity index (χ0n) is 12.3. The Hall–Kier alpha value is -0.860. The first kappa shape index (κ1) is 14.5. The van der Waals surface area contributed by atoms with Crippen LogP contribution in [0.2, 0.25) is 0 Å². The van der Waals surface area contributed by atoms with Gasteiger partial charge in [-0.25, -0.2) is 0 Å². The van der Waals surface area contributed by atoms with Crippen molar-refractivity contribution in [2.24, 2.45) is 17.6 Å². The molecule has 0 aromatic heterocycles. The van der Waals surface area contributed by atoms with Crippen LogP contribution in [0.5, 0.6) is 0 Å². The van der Waals surface area contributed by atoms with E-state index in [9.17, 15) is 0 Å². The Morgan fingerprint density at radius 1 is 1.21 bits per heavy atom. The van der Waals surface area contributed by atoms with Crippen molar-refractivity contribution in [1.82, 2.24) is 5.32 Å². The van der Waals surface area contributed by atoms with E-state index in [1.54, 1.807) is 0 Å². The summed E-state index contributed by atoms with van der Waals surface area (Å²) in [6.45, 7) is 6.51. The molecule has 0 radical (unpaired) electrons. The standard InChI is InChI=1S/C17H28N2/c1-13(15-6-4-3-5-7-15)10-17(11-18)19-12-14(2)16-8-9-16/h3-7,13-14,16-17,19H,8-12,18H2,1-2H3. The van der Waals surface area contributed by atoms with Gasteiger partial charge in [-0.15, -0.1) is 0 Å². The molecule has 106 valence electrons. The molecule has 0 bridgehead atoms. The van der Waals surface area contributed by atoms with Gasteiger partial charge < -0.3 is 11.1 Å². The van der Waals surface area contributed by atoms with Gasteiger partial charge in [-0.05, 0) is 49.1 Å². The molecule has 0 heterocycles. The molecule has 0 amide bonds. The molecule has 1 saturated carbocycles. The van der Waals surface area contributed by atoms with Gasteiger partial charge in [0.15, 0.2) is 0 Å². The van der Waals surface area contributed by atoms with E-state index in [1.807, 2.05) is 0 Å². The fourth-order valence-corrected chi connectivity index (χ4v) is 2.79. The Kier molecular flexibility index (Phi) is 5.41. The third kappa shape index (κ3) is 4.63. The molecule has 2 rings (SSSR count). The first-order valence-electron chi connectivity index (χ1n) is 7.69. The van der Waals surface area contributed by atoms with Crippen LogP contribution < -0.4 is 11.1 Å². The molecule has 3 unspecified atom stereocenters. The van der Waals surface area contributed by atoms with Crippen LogP contribution in [0, 0.1) is 11.8 Å². The second kappa shape index (κ2) is 7.06. The van der Waals surface area contributed by atoms with E-state index in [4.69, 9.17) is 5.73 Å². The Balaban J connectivity index is 1.77. The topological polar surface area (TPSA) is 38.0 Å². The minimum atomic E-state index is 0.441. The molecule has 3 atom stereocenters. The number of benzene rings is 1. The second-order valence-corrected chi connectivity index (χ2v) is 6.20. The lowest BCUT2D eigenvalue weighted by molar-refractivity contribution is 0.392. The van der Waals surface area contributed by atoms with Gasteiger partial charge in [0.1, 0.15) is 0 Å². The fourth-order valence-electron chi connectivity index (χ4n) is 2.79. The minimum absolute atomic E-state index is 0.441. The van der Waals surface area contributed by atoms with Crippen LogP contribution in [0.4, 0.5) is 0 Å². The van der Waals surface area contributed by atoms with Gasteiger partial charge in [-0.1, -0.05) is 44.2 Å². The van der Waals surface area contributed by atoms with Gasteiger partial charge in [0.25, 0.3) is 0 Å². The smallest absolute Gasteiger partial charge is 0.0196 e. The molecular weight excluding hydrogens is 232 g/mol. The zero-order chi connectivity index (χ0) is 13.7. The molecule has 2 nitrogen and oxygen atoms in total. The molecule has 1 aromatic rings. The van der Waals surface area contributed by atoms with Crippen LogP contribution in [0.25, 0.3) is 0 Å². The molecule has 1 aliphatic carbocycles. The lowest BCUT2D eigenvalue weighted by atomic mass is 9.93. The summed E-state index contributed by atoms with van der Waals surface area (Å²) >= 11 is 0. The first-order valence-corrected chi connectivity index (χ1v) is 7.69. The lowest BCUT2D eigenvalue weighted by Gasteiger charge is -2.23. The Morgan fingerprint density at radius 2 is 1.89 bits per heavy atom. The Bertz CT molecular complexity index is 359. The van der Waals surface area contributed by atoms with Gasteiger partial charge in [-0.2, -0.15) is 0 Å². The van der Waals surface area contributed by atoms with Crippen molar-refractivity contribution in [1.29, 1.82) is 0 Å². The highest BCUT2D eigenvalue weighted by Gasteiger charge is 2.28. The average molecular weight is 260 g/mol. The van der Waals surface area contributed by atoms with Crippen LogP contribution in [0.15, 0.2) is 30.3 Å². The summed E-state index contributed by atoms with van der Waals surface area (Å²) in [6, 6.07) is 11.2. The van der Waals surface area contributed by atoms with Gasteiger partial charge in [0.05, 0.1) is 0 Å². The van der Waals surface area contributed by atoms with Crippen LogP contribution in [-0.4, -0.2) is 19.1 Å². The van der Waals surface area contributed by atoms with E-state index in [1.165, 1.54) is 18.4 Å². The largest absolute Gasteiger partial charge is 0.329 e. The summed E-state index contributed by atoms with van der Waals surface area (Å²) in [6.07, 6.45) is 3.98. The van der Waals surface area contributed by atoms with E-state index in [0.29, 0.717) is 12.0 Å². The number of nitrogens with two attached hydrogens (primary N) is 1. The summed E-state index contributed by atoms with van der Waals surface area (Å²) in [5, 5.41) is 3.67. The molecule has 3 N–H and O–H groups in total. The van der Waals surface area contributed by atoms with Crippen LogP contribution in [0.3, 0.4) is 0 Å². The van der Waals surface area contributed by atoms with Crippen molar-refractivity contribution in [3.8, 4) is 0 Å². The summed E-state index contributed by atoms with van der Waals surface area (Å²) in [7, 11) is 0. The Labute approximate surface area is 117 Å². The van der Waals surface area contributed by atoms with Crippen molar-refractivity contribution in [3.63, 3.8) is 0 Å². The fraction of sp³-hybridized carbons (Fsp3) is 0.647. The predicted molar refractivity (Wildman–Crippen MR) is 82.2 cm³/mol. The highest BCUT2D eigenvalue weighted by molar-refractivity contribution is 5.18. The van der Waals surface area contributed by atoms with Crippen LogP contribution >= 0.6 is 0 Å². The molecule has 1 aliphatic rings. The third-order valence-electron chi connectivity index (χ3n) is 4.45. The summed E-state index contributed by atoms with van der Waals surface area (Å²) in [5.74, 6) is 2.34. The van der Waals surface area contributed by atoms with Crippen LogP contribution in [-0.2, 0) is 0 Å². The molecule has 1 aromatic carbocycles. The summed E-state index contributed by atoms with van der Waals surface area (Å²) in [5.41, 5.74) is 7.33. The Morgan fingerprint density at radius 3 is 2.47 bits per heavy atom. The van der Waals surface area contributed by atoms with E-state index in [-0.39, 0.29) is 0 Å². The maximum absolute atomic E-state index is 5.91. The van der Waals surface area contributed by atoms with E-state index < -0.39 is 0 Å². The predicted octanol–water partition coefficient (Wildman–Crippen LogP) is 3.14. The number of nitrogens with one attached hydrogen (secondary N) is 1. The highest BCUT2D eigenvalue weighted by Crippen LogP contribution is 2.36. The van der Waals surface area contributed by atoms with E-state index in [0.717, 1.165) is 31.3 Å². The number of hydrogen-bond acceptors (Lipinski definition) is 2. The molecule has 0 spiro atoms. The summed E-state index contributed by atoms with van der Waals surface area (Å²) in [4.78, 5) is 0. The van der Waals surface area contributed by atoms with E-state index in [2.05, 4.69) is 49.5 Å². The molecule has 1 fully saturated rings. The van der Waals surface area contributed by atoms with Gasteiger partial charge >= 0.3 is 0 Å². The molecule has 19 heavy (non-hydrogen) atoms. The van der Waals surface area contributed by atoms with Crippen molar-refractivity contribution in [3.05, 3.63) is 35.9 Å². The molecule has 2 heteroatoms. The second-order valence-electron chi connectivity index (χ2n) is 6.20. The van der Waals surface area contributed by atoms with Crippen molar-refractivity contribution in [2.45, 2.75) is 45.1 Å². The summed E-state index contributed by atoms with van der Waals surface area (Å²) < 4.78 is 0. The minimum Gasteiger partial charge on any atom is -0.329 e. The monoisotopic (exact) mass is 260 g/mol. The van der Waals surface area contributed by atoms with Crippen molar-refractivity contribution in [2.75, 3.05) is 13.1 Å². The van der Waals surface area contributed by atoms with Gasteiger partial charge in [0, 0.05) is 12.6 Å². The third-order valence-corrected chi connectivity index (χ3v) is 4.45. The number of rotatable bonds is 8. The number of hydrogen-bond donors (Lipinski definition) is 2. The first-order chi connectivity index (χ1) is 9.20. The zero-order valence-corrected chi connectivity index (χ0v) is 12.3. The molecular formula is C17H28N2. The van der Waals surface area contributed by atoms with E-state index >= 15 is 0 Å². The van der Waals surface area contributed by atoms with Gasteiger partial charge in [0.2, 0.25) is 0 Å². The molecule has 0 saturated heterocycles. The highest BCUT2D eigenvalue weighted by atomic mass is 14.9. The van der Waals surface area contributed by atoms with Gasteiger partial charge in [-0.3, -0.25) is 0 Å².